The Kier molecular flexibility index (Phi) is 5.43. The summed E-state index contributed by atoms with van der Waals surface area (Å²) in [4.78, 5) is 0. The van der Waals surface area contributed by atoms with Gasteiger partial charge in [-0.05, 0) is 104 Å². The van der Waals surface area contributed by atoms with Crippen molar-refractivity contribution in [1.29, 1.82) is 0 Å². The summed E-state index contributed by atoms with van der Waals surface area (Å²) in [6.07, 6.45) is -4.37. The van der Waals surface area contributed by atoms with E-state index in [2.05, 4.69) is 28.7 Å². The van der Waals surface area contributed by atoms with E-state index in [-0.39, 0.29) is 5.56 Å². The Morgan fingerprint density at radius 3 is 1.68 bits per heavy atom. The minimum Gasteiger partial charge on any atom is -0.166 e. The van der Waals surface area contributed by atoms with Crippen molar-refractivity contribution in [1.82, 2.24) is 0 Å². The van der Waals surface area contributed by atoms with Crippen LogP contribution in [-0.2, 0) is 6.18 Å². The lowest BCUT2D eigenvalue weighted by molar-refractivity contribution is -0.137. The number of hydrogen-bond donors (Lipinski definition) is 0. The number of alkyl halides is 3. The van der Waals surface area contributed by atoms with E-state index in [1.807, 2.05) is 53.8 Å². The lowest BCUT2D eigenvalue weighted by atomic mass is 9.95. The van der Waals surface area contributed by atoms with Gasteiger partial charge in [-0.25, -0.2) is 0 Å². The van der Waals surface area contributed by atoms with Gasteiger partial charge in [-0.1, -0.05) is 36.4 Å². The second-order valence-corrected chi connectivity index (χ2v) is 8.22. The van der Waals surface area contributed by atoms with E-state index in [9.17, 15) is 13.2 Å². The summed E-state index contributed by atoms with van der Waals surface area (Å²) >= 11 is 4.16. The fraction of sp³-hybridized carbons (Fsp3) is 0.100. The summed E-state index contributed by atoms with van der Waals surface area (Å²) in [5, 5.41) is 0. The van der Waals surface area contributed by atoms with Gasteiger partial charge in [0.1, 0.15) is 0 Å². The van der Waals surface area contributed by atoms with E-state index in [0.717, 1.165) is 20.3 Å². The molecule has 25 heavy (non-hydrogen) atoms. The van der Waals surface area contributed by atoms with Crippen LogP contribution in [0.25, 0.3) is 22.3 Å². The van der Waals surface area contributed by atoms with Gasteiger partial charge >= 0.3 is 6.18 Å². The first kappa shape index (κ1) is 18.7. The Labute approximate surface area is 171 Å². The largest absolute Gasteiger partial charge is 0.417 e. The molecule has 0 saturated carbocycles. The van der Waals surface area contributed by atoms with Gasteiger partial charge in [0, 0.05) is 7.14 Å². The molecule has 0 aromatic heterocycles. The smallest absolute Gasteiger partial charge is 0.166 e. The molecule has 0 aliphatic carbocycles. The first-order valence-corrected chi connectivity index (χ1v) is 9.65. The van der Waals surface area contributed by atoms with Gasteiger partial charge in [-0.2, -0.15) is 13.2 Å². The molecule has 3 aromatic rings. The van der Waals surface area contributed by atoms with Crippen LogP contribution in [-0.4, -0.2) is 0 Å². The summed E-state index contributed by atoms with van der Waals surface area (Å²) in [7, 11) is 0. The average Bonchev–Trinajstić information content (AvgIpc) is 2.54. The quantitative estimate of drug-likeness (QED) is 0.282. The number of hydrogen-bond acceptors (Lipinski definition) is 0. The maximum absolute atomic E-state index is 13.3. The number of halogens is 5. The molecule has 0 bridgehead atoms. The zero-order valence-electron chi connectivity index (χ0n) is 13.2. The van der Waals surface area contributed by atoms with Crippen molar-refractivity contribution in [3.05, 3.63) is 78.9 Å². The fourth-order valence-electron chi connectivity index (χ4n) is 2.78. The second kappa shape index (κ2) is 7.26. The molecule has 3 aromatic carbocycles. The van der Waals surface area contributed by atoms with E-state index < -0.39 is 11.7 Å². The SMILES string of the molecule is Cc1cc(I)ccc1-c1ccc(-c2ccc(I)cc2C(F)(F)F)cc1. The van der Waals surface area contributed by atoms with Crippen molar-refractivity contribution in [2.75, 3.05) is 0 Å². The molecule has 0 N–H and O–H groups in total. The van der Waals surface area contributed by atoms with Crippen LogP contribution in [0.2, 0.25) is 0 Å². The molecule has 0 aliphatic heterocycles. The van der Waals surface area contributed by atoms with E-state index in [1.165, 1.54) is 12.1 Å². The van der Waals surface area contributed by atoms with Crippen LogP contribution >= 0.6 is 45.2 Å². The van der Waals surface area contributed by atoms with E-state index >= 15 is 0 Å². The van der Waals surface area contributed by atoms with Crippen LogP contribution in [0.15, 0.2) is 60.7 Å². The standard InChI is InChI=1S/C20H13F3I2/c1-12-10-15(24)6-8-17(12)13-2-4-14(5-3-13)18-9-7-16(25)11-19(18)20(21,22)23/h2-11H,1H3. The Morgan fingerprint density at radius 2 is 1.16 bits per heavy atom. The molecular weight excluding hydrogens is 551 g/mol. The highest BCUT2D eigenvalue weighted by atomic mass is 127. The third kappa shape index (κ3) is 4.19. The third-order valence-corrected chi connectivity index (χ3v) is 5.32. The second-order valence-electron chi connectivity index (χ2n) is 5.72. The number of rotatable bonds is 2. The molecule has 0 fully saturated rings. The fourth-order valence-corrected chi connectivity index (χ4v) is 3.92. The van der Waals surface area contributed by atoms with Crippen LogP contribution in [0.4, 0.5) is 13.2 Å². The first-order chi connectivity index (χ1) is 11.8. The van der Waals surface area contributed by atoms with Crippen LogP contribution in [0.1, 0.15) is 11.1 Å². The van der Waals surface area contributed by atoms with Crippen molar-refractivity contribution in [3.8, 4) is 22.3 Å². The van der Waals surface area contributed by atoms with Crippen LogP contribution in [0.3, 0.4) is 0 Å². The summed E-state index contributed by atoms with van der Waals surface area (Å²) in [5.41, 5.74) is 3.40. The zero-order chi connectivity index (χ0) is 18.2. The van der Waals surface area contributed by atoms with Crippen LogP contribution < -0.4 is 0 Å². The third-order valence-electron chi connectivity index (χ3n) is 3.98. The molecule has 0 spiro atoms. The Morgan fingerprint density at radius 1 is 0.680 bits per heavy atom. The van der Waals surface area contributed by atoms with Gasteiger partial charge in [-0.3, -0.25) is 0 Å². The van der Waals surface area contributed by atoms with Gasteiger partial charge in [0.05, 0.1) is 5.56 Å². The van der Waals surface area contributed by atoms with Crippen LogP contribution in [0.5, 0.6) is 0 Å². The molecule has 0 radical (unpaired) electrons. The highest BCUT2D eigenvalue weighted by Gasteiger charge is 2.33. The van der Waals surface area contributed by atoms with Gasteiger partial charge in [0.25, 0.3) is 0 Å². The first-order valence-electron chi connectivity index (χ1n) is 7.49. The monoisotopic (exact) mass is 564 g/mol. The minimum atomic E-state index is -4.37. The molecule has 0 saturated heterocycles. The average molecular weight is 564 g/mol. The molecule has 0 aliphatic rings. The predicted molar refractivity (Wildman–Crippen MR) is 112 cm³/mol. The van der Waals surface area contributed by atoms with Crippen molar-refractivity contribution < 1.29 is 13.2 Å². The molecular formula is C20H13F3I2. The van der Waals surface area contributed by atoms with E-state index in [4.69, 9.17) is 0 Å². The molecule has 3 rings (SSSR count). The van der Waals surface area contributed by atoms with E-state index in [1.54, 1.807) is 18.2 Å². The van der Waals surface area contributed by atoms with Crippen molar-refractivity contribution in [2.24, 2.45) is 0 Å². The summed E-state index contributed by atoms with van der Waals surface area (Å²) in [5.74, 6) is 0. The van der Waals surface area contributed by atoms with E-state index in [0.29, 0.717) is 9.13 Å². The Bertz CT molecular complexity index is 913. The highest BCUT2D eigenvalue weighted by molar-refractivity contribution is 14.1. The molecule has 0 unspecified atom stereocenters. The van der Waals surface area contributed by atoms with Gasteiger partial charge < -0.3 is 0 Å². The van der Waals surface area contributed by atoms with Gasteiger partial charge in [0.2, 0.25) is 0 Å². The Balaban J connectivity index is 2.04. The summed E-state index contributed by atoms with van der Waals surface area (Å²) < 4.78 is 41.8. The minimum absolute atomic E-state index is 0.207. The summed E-state index contributed by atoms with van der Waals surface area (Å²) in [6.45, 7) is 2.03. The maximum atomic E-state index is 13.3. The maximum Gasteiger partial charge on any atom is 0.417 e. The van der Waals surface area contributed by atoms with Gasteiger partial charge in [0.15, 0.2) is 0 Å². The normalized spacial score (nSPS) is 11.6. The van der Waals surface area contributed by atoms with Crippen molar-refractivity contribution in [2.45, 2.75) is 13.1 Å². The predicted octanol–water partition coefficient (Wildman–Crippen LogP) is 7.56. The molecule has 0 nitrogen and oxygen atoms in total. The van der Waals surface area contributed by atoms with Crippen molar-refractivity contribution >= 4 is 45.2 Å². The number of benzene rings is 3. The molecule has 128 valence electrons. The topological polar surface area (TPSA) is 0 Å². The molecule has 0 amide bonds. The van der Waals surface area contributed by atoms with Crippen LogP contribution in [0, 0.1) is 14.1 Å². The lowest BCUT2D eigenvalue weighted by Gasteiger charge is -2.14. The van der Waals surface area contributed by atoms with Gasteiger partial charge in [-0.15, -0.1) is 0 Å². The summed E-state index contributed by atoms with van der Waals surface area (Å²) in [6, 6.07) is 17.8. The Hall–Kier alpha value is -1.09. The van der Waals surface area contributed by atoms with Crippen molar-refractivity contribution in [3.63, 3.8) is 0 Å². The zero-order valence-corrected chi connectivity index (χ0v) is 17.5. The lowest BCUT2D eigenvalue weighted by Crippen LogP contribution is -2.07. The molecule has 0 heterocycles. The highest BCUT2D eigenvalue weighted by Crippen LogP contribution is 2.38. The molecule has 0 atom stereocenters. The number of aryl methyl sites for hydroxylation is 1. The molecule has 5 heteroatoms.